The van der Waals surface area contributed by atoms with Gasteiger partial charge < -0.3 is 16.0 Å². The fourth-order valence-corrected chi connectivity index (χ4v) is 3.66. The van der Waals surface area contributed by atoms with Gasteiger partial charge in [0, 0.05) is 25.6 Å². The fraction of sp³-hybridized carbons (Fsp3) is 0.391. The third-order valence-electron chi connectivity index (χ3n) is 5.67. The molecule has 2 amide bonds. The number of carbonyl (C=O) groups excluding carboxylic acids is 2. The highest BCUT2D eigenvalue weighted by Crippen LogP contribution is 2.25. The summed E-state index contributed by atoms with van der Waals surface area (Å²) in [6.45, 7) is 4.72. The lowest BCUT2D eigenvalue weighted by molar-refractivity contribution is -0.140. The van der Waals surface area contributed by atoms with Crippen molar-refractivity contribution in [1.29, 1.82) is 0 Å². The van der Waals surface area contributed by atoms with Crippen LogP contribution in [0, 0.1) is 18.7 Å². The zero-order valence-corrected chi connectivity index (χ0v) is 18.2. The number of benzene rings is 2. The van der Waals surface area contributed by atoms with Gasteiger partial charge >= 0.3 is 0 Å². The second-order valence-corrected chi connectivity index (χ2v) is 7.94. The van der Waals surface area contributed by atoms with Crippen molar-refractivity contribution in [1.82, 2.24) is 10.2 Å². The predicted octanol–water partition coefficient (Wildman–Crippen LogP) is 3.28. The van der Waals surface area contributed by atoms with E-state index in [9.17, 15) is 14.0 Å². The van der Waals surface area contributed by atoms with E-state index in [1.165, 1.54) is 6.07 Å². The quantitative estimate of drug-likeness (QED) is 0.759. The van der Waals surface area contributed by atoms with Gasteiger partial charge in [0.1, 0.15) is 11.4 Å². The first-order valence-corrected chi connectivity index (χ1v) is 9.95. The Balaban J connectivity index is 0.00000320. The van der Waals surface area contributed by atoms with Crippen molar-refractivity contribution >= 4 is 24.2 Å². The Bertz CT molecular complexity index is 881. The van der Waals surface area contributed by atoms with Crippen LogP contribution in [0.25, 0.3) is 0 Å². The Labute approximate surface area is 183 Å². The van der Waals surface area contributed by atoms with Crippen molar-refractivity contribution < 1.29 is 14.0 Å². The molecular weight excluding hydrogens is 405 g/mol. The Morgan fingerprint density at radius 3 is 2.40 bits per heavy atom. The second kappa shape index (κ2) is 10.0. The number of hydrogen-bond donors (Lipinski definition) is 2. The summed E-state index contributed by atoms with van der Waals surface area (Å²) in [7, 11) is 0. The number of nitrogens with zero attached hydrogens (tertiary/aromatic N) is 1. The Morgan fingerprint density at radius 2 is 1.80 bits per heavy atom. The number of halogens is 2. The van der Waals surface area contributed by atoms with Gasteiger partial charge in [0.05, 0.1) is 0 Å². The average molecular weight is 434 g/mol. The summed E-state index contributed by atoms with van der Waals surface area (Å²) in [6, 6.07) is 14.3. The molecule has 162 valence electrons. The molecule has 0 saturated carbocycles. The smallest absolute Gasteiger partial charge is 0.246 e. The largest absolute Gasteiger partial charge is 0.352 e. The van der Waals surface area contributed by atoms with Crippen LogP contribution in [0.2, 0.25) is 0 Å². The van der Waals surface area contributed by atoms with E-state index in [1.54, 1.807) is 24.8 Å². The first-order chi connectivity index (χ1) is 13.8. The molecular formula is C23H29ClFN3O2. The van der Waals surface area contributed by atoms with Crippen molar-refractivity contribution in [2.75, 3.05) is 13.1 Å². The zero-order valence-electron chi connectivity index (χ0n) is 17.4. The highest BCUT2D eigenvalue weighted by Gasteiger charge is 2.37. The molecule has 2 aromatic carbocycles. The average Bonchev–Trinajstić information content (AvgIpc) is 2.74. The van der Waals surface area contributed by atoms with Gasteiger partial charge in [-0.1, -0.05) is 42.5 Å². The van der Waals surface area contributed by atoms with Crippen molar-refractivity contribution in [2.45, 2.75) is 38.8 Å². The number of amides is 2. The molecule has 1 saturated heterocycles. The number of aryl methyl sites for hydroxylation is 1. The van der Waals surface area contributed by atoms with Gasteiger partial charge in [-0.3, -0.25) is 9.59 Å². The fourth-order valence-electron chi connectivity index (χ4n) is 3.66. The molecule has 1 aliphatic heterocycles. The van der Waals surface area contributed by atoms with Crippen LogP contribution >= 0.6 is 12.4 Å². The zero-order chi connectivity index (χ0) is 21.0. The van der Waals surface area contributed by atoms with E-state index < -0.39 is 5.54 Å². The molecule has 2 aromatic rings. The molecule has 30 heavy (non-hydrogen) atoms. The summed E-state index contributed by atoms with van der Waals surface area (Å²) in [5, 5.41) is 2.88. The maximum atomic E-state index is 13.6. The third kappa shape index (κ3) is 5.37. The van der Waals surface area contributed by atoms with Gasteiger partial charge in [0.2, 0.25) is 11.8 Å². The molecule has 0 spiro atoms. The first-order valence-electron chi connectivity index (χ1n) is 9.95. The first kappa shape index (κ1) is 23.8. The van der Waals surface area contributed by atoms with Gasteiger partial charge in [-0.05, 0) is 49.4 Å². The monoisotopic (exact) mass is 433 g/mol. The number of hydrogen-bond acceptors (Lipinski definition) is 3. The number of rotatable bonds is 5. The van der Waals surface area contributed by atoms with Crippen LogP contribution in [0.15, 0.2) is 48.5 Å². The Morgan fingerprint density at radius 1 is 1.17 bits per heavy atom. The minimum atomic E-state index is -1.09. The highest BCUT2D eigenvalue weighted by atomic mass is 35.5. The molecule has 3 rings (SSSR count). The summed E-state index contributed by atoms with van der Waals surface area (Å²) in [5.41, 5.74) is 7.34. The van der Waals surface area contributed by atoms with Gasteiger partial charge in [-0.25, -0.2) is 4.39 Å². The maximum absolute atomic E-state index is 13.6. The molecule has 7 heteroatoms. The van der Waals surface area contributed by atoms with E-state index >= 15 is 0 Å². The van der Waals surface area contributed by atoms with Crippen molar-refractivity contribution in [2.24, 2.45) is 11.7 Å². The van der Waals surface area contributed by atoms with E-state index in [0.29, 0.717) is 38.0 Å². The lowest BCUT2D eigenvalue weighted by Gasteiger charge is -2.36. The lowest BCUT2D eigenvalue weighted by atomic mass is 9.89. The maximum Gasteiger partial charge on any atom is 0.246 e. The molecule has 1 aliphatic rings. The Kier molecular flexibility index (Phi) is 7.98. The van der Waals surface area contributed by atoms with Crippen LogP contribution in [0.4, 0.5) is 4.39 Å². The molecule has 0 bridgehead atoms. The van der Waals surface area contributed by atoms with Crippen LogP contribution in [-0.4, -0.2) is 29.8 Å². The molecule has 3 N–H and O–H groups in total. The van der Waals surface area contributed by atoms with E-state index in [2.05, 4.69) is 5.32 Å². The van der Waals surface area contributed by atoms with Gasteiger partial charge in [-0.15, -0.1) is 12.4 Å². The molecule has 1 unspecified atom stereocenters. The van der Waals surface area contributed by atoms with E-state index in [1.807, 2.05) is 36.4 Å². The molecule has 0 aliphatic carbocycles. The van der Waals surface area contributed by atoms with Crippen LogP contribution in [0.1, 0.15) is 36.5 Å². The van der Waals surface area contributed by atoms with E-state index in [0.717, 1.165) is 11.1 Å². The molecule has 1 heterocycles. The number of likely N-dealkylation sites (tertiary alicyclic amines) is 1. The van der Waals surface area contributed by atoms with Crippen molar-refractivity contribution in [3.8, 4) is 0 Å². The molecule has 0 radical (unpaired) electrons. The van der Waals surface area contributed by atoms with Crippen molar-refractivity contribution in [3.63, 3.8) is 0 Å². The summed E-state index contributed by atoms with van der Waals surface area (Å²) in [4.78, 5) is 27.2. The highest BCUT2D eigenvalue weighted by molar-refractivity contribution is 5.87. The van der Waals surface area contributed by atoms with Crippen LogP contribution in [0.3, 0.4) is 0 Å². The minimum Gasteiger partial charge on any atom is -0.352 e. The SMILES string of the molecule is Cc1ccc(CNC(=O)C2CCN(C(=O)C(C)(N)c3ccccc3)CC2)cc1F.Cl. The molecule has 0 aromatic heterocycles. The van der Waals surface area contributed by atoms with Gasteiger partial charge in [-0.2, -0.15) is 0 Å². The Hall–Kier alpha value is -2.44. The van der Waals surface area contributed by atoms with Gasteiger partial charge in [0.25, 0.3) is 0 Å². The summed E-state index contributed by atoms with van der Waals surface area (Å²) < 4.78 is 13.6. The summed E-state index contributed by atoms with van der Waals surface area (Å²) in [5.74, 6) is -0.615. The molecule has 1 fully saturated rings. The predicted molar refractivity (Wildman–Crippen MR) is 118 cm³/mol. The minimum absolute atomic E-state index is 0. The van der Waals surface area contributed by atoms with Crippen LogP contribution in [-0.2, 0) is 21.7 Å². The van der Waals surface area contributed by atoms with E-state index in [-0.39, 0.29) is 36.0 Å². The van der Waals surface area contributed by atoms with Crippen LogP contribution in [0.5, 0.6) is 0 Å². The number of piperidine rings is 1. The van der Waals surface area contributed by atoms with Gasteiger partial charge in [0.15, 0.2) is 0 Å². The number of carbonyl (C=O) groups is 2. The van der Waals surface area contributed by atoms with Crippen molar-refractivity contribution in [3.05, 3.63) is 71.0 Å². The normalized spacial score (nSPS) is 16.3. The van der Waals surface area contributed by atoms with Crippen LogP contribution < -0.4 is 11.1 Å². The third-order valence-corrected chi connectivity index (χ3v) is 5.67. The number of nitrogens with two attached hydrogens (primary N) is 1. The standard InChI is InChI=1S/C23H28FN3O2.ClH/c1-16-8-9-17(14-20(16)24)15-26-21(28)18-10-12-27(13-11-18)22(29)23(2,25)19-6-4-3-5-7-19;/h3-9,14,18H,10-13,15,25H2,1-2H3,(H,26,28);1H. The molecule has 1 atom stereocenters. The van der Waals surface area contributed by atoms with E-state index in [4.69, 9.17) is 5.73 Å². The summed E-state index contributed by atoms with van der Waals surface area (Å²) >= 11 is 0. The second-order valence-electron chi connectivity index (χ2n) is 7.94. The lowest BCUT2D eigenvalue weighted by Crippen LogP contribution is -2.53. The number of nitrogens with one attached hydrogen (secondary N) is 1. The topological polar surface area (TPSA) is 75.4 Å². The molecule has 5 nitrogen and oxygen atoms in total. The summed E-state index contributed by atoms with van der Waals surface area (Å²) in [6.07, 6.45) is 1.18.